The lowest BCUT2D eigenvalue weighted by atomic mass is 9.94. The van der Waals surface area contributed by atoms with Gasteiger partial charge in [0.1, 0.15) is 17.5 Å². The van der Waals surface area contributed by atoms with E-state index in [-0.39, 0.29) is 23.6 Å². The number of likely N-dealkylation sites (tertiary alicyclic amines) is 1. The van der Waals surface area contributed by atoms with Crippen molar-refractivity contribution in [2.75, 3.05) is 32.1 Å². The maximum atomic E-state index is 13.0. The van der Waals surface area contributed by atoms with Crippen LogP contribution >= 0.6 is 0 Å². The molecular formula is C22H28F3N5O2. The Bertz CT molecular complexity index is 936. The zero-order chi connectivity index (χ0) is 23.3. The van der Waals surface area contributed by atoms with Crippen molar-refractivity contribution in [2.24, 2.45) is 0 Å². The molecule has 0 aliphatic carbocycles. The number of carbonyl (C=O) groups excluding carboxylic acids is 1. The molecule has 0 aromatic carbocycles. The van der Waals surface area contributed by atoms with Gasteiger partial charge in [0, 0.05) is 44.3 Å². The second-order valence-corrected chi connectivity index (χ2v) is 8.17. The number of rotatable bonds is 7. The van der Waals surface area contributed by atoms with Gasteiger partial charge < -0.3 is 15.0 Å². The number of ether oxygens (including phenoxy) is 1. The molecule has 0 radical (unpaired) electrons. The Balaban J connectivity index is 1.84. The molecule has 3 rings (SSSR count). The first kappa shape index (κ1) is 23.9. The minimum absolute atomic E-state index is 0.0192. The topological polar surface area (TPSA) is 80.2 Å². The molecule has 2 aromatic rings. The van der Waals surface area contributed by atoms with Crippen LogP contribution in [0.15, 0.2) is 24.4 Å². The van der Waals surface area contributed by atoms with Crippen LogP contribution < -0.4 is 5.32 Å². The van der Waals surface area contributed by atoms with Crippen molar-refractivity contribution in [3.8, 4) is 0 Å². The number of hydrogen-bond acceptors (Lipinski definition) is 6. The van der Waals surface area contributed by atoms with Crippen molar-refractivity contribution < 1.29 is 22.7 Å². The fourth-order valence-corrected chi connectivity index (χ4v) is 3.62. The lowest BCUT2D eigenvalue weighted by Crippen LogP contribution is -2.39. The van der Waals surface area contributed by atoms with E-state index in [4.69, 9.17) is 9.72 Å². The predicted octanol–water partition coefficient (Wildman–Crippen LogP) is 4.50. The lowest BCUT2D eigenvalue weighted by Gasteiger charge is -2.33. The standard InChI is InChI=1S/C22H28F3N5O2/c1-14(2)21-27-17(15-5-4-9-30(13-15)20(31)7-10-32-3)12-19(29-21)28-18-11-16(6-8-26-18)22(23,24)25/h6,8,11-12,14-15H,4-5,7,9-10,13H2,1-3H3,(H,26,27,28,29). The van der Waals surface area contributed by atoms with Gasteiger partial charge in [0.2, 0.25) is 5.91 Å². The van der Waals surface area contributed by atoms with Gasteiger partial charge in [0.15, 0.2) is 0 Å². The molecule has 32 heavy (non-hydrogen) atoms. The van der Waals surface area contributed by atoms with Gasteiger partial charge in [-0.25, -0.2) is 15.0 Å². The highest BCUT2D eigenvalue weighted by Gasteiger charge is 2.31. The first-order chi connectivity index (χ1) is 15.2. The molecule has 1 aliphatic rings. The monoisotopic (exact) mass is 451 g/mol. The Labute approximate surface area is 185 Å². The Morgan fingerprint density at radius 2 is 2.06 bits per heavy atom. The largest absolute Gasteiger partial charge is 0.416 e. The van der Waals surface area contributed by atoms with Crippen molar-refractivity contribution in [3.63, 3.8) is 0 Å². The predicted molar refractivity (Wildman–Crippen MR) is 114 cm³/mol. The van der Waals surface area contributed by atoms with Crippen LogP contribution in [-0.2, 0) is 15.7 Å². The molecule has 3 heterocycles. The van der Waals surface area contributed by atoms with E-state index in [1.807, 2.05) is 18.7 Å². The van der Waals surface area contributed by atoms with Crippen molar-refractivity contribution >= 4 is 17.5 Å². The van der Waals surface area contributed by atoms with Crippen molar-refractivity contribution in [1.82, 2.24) is 19.9 Å². The number of hydrogen-bond donors (Lipinski definition) is 1. The van der Waals surface area contributed by atoms with E-state index >= 15 is 0 Å². The van der Waals surface area contributed by atoms with Gasteiger partial charge >= 0.3 is 6.18 Å². The summed E-state index contributed by atoms with van der Waals surface area (Å²) in [6, 6.07) is 3.61. The van der Waals surface area contributed by atoms with Crippen LogP contribution in [0.5, 0.6) is 0 Å². The number of anilines is 2. The number of nitrogens with zero attached hydrogens (tertiary/aromatic N) is 4. The zero-order valence-corrected chi connectivity index (χ0v) is 18.4. The van der Waals surface area contributed by atoms with Gasteiger partial charge in [-0.15, -0.1) is 0 Å². The van der Waals surface area contributed by atoms with Gasteiger partial charge in [-0.2, -0.15) is 13.2 Å². The summed E-state index contributed by atoms with van der Waals surface area (Å²) in [5.74, 6) is 1.10. The third-order valence-corrected chi connectivity index (χ3v) is 5.34. The molecule has 1 amide bonds. The van der Waals surface area contributed by atoms with Crippen molar-refractivity contribution in [2.45, 2.75) is 51.1 Å². The second kappa shape index (κ2) is 10.2. The molecular weight excluding hydrogens is 423 g/mol. The Kier molecular flexibility index (Phi) is 7.65. The quantitative estimate of drug-likeness (QED) is 0.668. The molecule has 0 spiro atoms. The summed E-state index contributed by atoms with van der Waals surface area (Å²) in [4.78, 5) is 27.4. The van der Waals surface area contributed by atoms with Crippen LogP contribution in [0.2, 0.25) is 0 Å². The molecule has 2 aromatic heterocycles. The molecule has 0 saturated carbocycles. The van der Waals surface area contributed by atoms with Gasteiger partial charge in [-0.3, -0.25) is 4.79 Å². The Morgan fingerprint density at radius 1 is 1.28 bits per heavy atom. The molecule has 10 heteroatoms. The van der Waals surface area contributed by atoms with E-state index in [9.17, 15) is 18.0 Å². The molecule has 1 saturated heterocycles. The SMILES string of the molecule is COCCC(=O)N1CCCC(c2cc(Nc3cc(C(F)(F)F)ccn3)nc(C(C)C)n2)C1. The summed E-state index contributed by atoms with van der Waals surface area (Å²) in [7, 11) is 1.56. The van der Waals surface area contributed by atoms with Crippen molar-refractivity contribution in [1.29, 1.82) is 0 Å². The normalized spacial score (nSPS) is 17.0. The number of alkyl halides is 3. The van der Waals surface area contributed by atoms with Gasteiger partial charge in [0.05, 0.1) is 24.3 Å². The number of aromatic nitrogens is 3. The molecule has 174 valence electrons. The van der Waals surface area contributed by atoms with Crippen LogP contribution in [0.3, 0.4) is 0 Å². The van der Waals surface area contributed by atoms with E-state index in [1.165, 1.54) is 0 Å². The number of amides is 1. The maximum Gasteiger partial charge on any atom is 0.416 e. The van der Waals surface area contributed by atoms with Gasteiger partial charge in [0.25, 0.3) is 0 Å². The highest BCUT2D eigenvalue weighted by Crippen LogP contribution is 2.32. The van der Waals surface area contributed by atoms with Crippen molar-refractivity contribution in [3.05, 3.63) is 41.5 Å². The first-order valence-electron chi connectivity index (χ1n) is 10.6. The summed E-state index contributed by atoms with van der Waals surface area (Å²) in [6.07, 6.45) is -1.30. The average molecular weight is 451 g/mol. The van der Waals surface area contributed by atoms with Crippen LogP contribution in [0.4, 0.5) is 24.8 Å². The summed E-state index contributed by atoms with van der Waals surface area (Å²) >= 11 is 0. The maximum absolute atomic E-state index is 13.0. The van der Waals surface area contributed by atoms with E-state index in [0.717, 1.165) is 36.9 Å². The lowest BCUT2D eigenvalue weighted by molar-refractivity contribution is -0.137. The molecule has 7 nitrogen and oxygen atoms in total. The van der Waals surface area contributed by atoms with Gasteiger partial charge in [-0.1, -0.05) is 13.8 Å². The number of carbonyl (C=O) groups is 1. The summed E-state index contributed by atoms with van der Waals surface area (Å²) in [5, 5.41) is 2.89. The fourth-order valence-electron chi connectivity index (χ4n) is 3.62. The Hall–Kier alpha value is -2.75. The molecule has 1 unspecified atom stereocenters. The molecule has 1 N–H and O–H groups in total. The van der Waals surface area contributed by atoms with Gasteiger partial charge in [-0.05, 0) is 25.0 Å². The van der Waals surface area contributed by atoms with Crippen LogP contribution in [0.1, 0.15) is 62.0 Å². The summed E-state index contributed by atoms with van der Waals surface area (Å²) < 4.78 is 44.1. The van der Waals surface area contributed by atoms with Crippen LogP contribution in [-0.4, -0.2) is 52.6 Å². The van der Waals surface area contributed by atoms with E-state index < -0.39 is 11.7 Å². The Morgan fingerprint density at radius 3 is 2.75 bits per heavy atom. The average Bonchev–Trinajstić information content (AvgIpc) is 2.77. The molecule has 0 bridgehead atoms. The molecule has 1 aliphatic heterocycles. The zero-order valence-electron chi connectivity index (χ0n) is 18.4. The highest BCUT2D eigenvalue weighted by atomic mass is 19.4. The fraction of sp³-hybridized carbons (Fsp3) is 0.545. The van der Waals surface area contributed by atoms with Crippen LogP contribution in [0, 0.1) is 0 Å². The molecule has 1 atom stereocenters. The number of halogens is 3. The summed E-state index contributed by atoms with van der Waals surface area (Å²) in [6.45, 7) is 5.52. The van der Waals surface area contributed by atoms with E-state index in [0.29, 0.717) is 37.8 Å². The minimum atomic E-state index is -4.46. The second-order valence-electron chi connectivity index (χ2n) is 8.17. The number of piperidine rings is 1. The smallest absolute Gasteiger partial charge is 0.384 e. The molecule has 1 fully saturated rings. The minimum Gasteiger partial charge on any atom is -0.384 e. The first-order valence-corrected chi connectivity index (χ1v) is 10.6. The third-order valence-electron chi connectivity index (χ3n) is 5.34. The number of pyridine rings is 1. The van der Waals surface area contributed by atoms with E-state index in [1.54, 1.807) is 13.2 Å². The van der Waals surface area contributed by atoms with Crippen LogP contribution in [0.25, 0.3) is 0 Å². The van der Waals surface area contributed by atoms with E-state index in [2.05, 4.69) is 15.3 Å². The number of methoxy groups -OCH3 is 1. The number of nitrogens with one attached hydrogen (secondary N) is 1. The highest BCUT2D eigenvalue weighted by molar-refractivity contribution is 5.76. The summed E-state index contributed by atoms with van der Waals surface area (Å²) in [5.41, 5.74) is -0.0201. The third kappa shape index (κ3) is 6.15.